The van der Waals surface area contributed by atoms with Crippen molar-refractivity contribution >= 4 is 33.9 Å². The number of aromatic nitrogens is 2. The Morgan fingerprint density at radius 1 is 1.04 bits per heavy atom. The molecule has 25 heavy (non-hydrogen) atoms. The Kier molecular flexibility index (Phi) is 4.66. The average molecular weight is 355 g/mol. The van der Waals surface area contributed by atoms with Gasteiger partial charge in [-0.3, -0.25) is 15.4 Å². The molecular formula is C16H13N5O3S. The Hall–Kier alpha value is -3.33. The zero-order valence-corrected chi connectivity index (χ0v) is 13.9. The van der Waals surface area contributed by atoms with Crippen molar-refractivity contribution in [3.8, 4) is 10.6 Å². The van der Waals surface area contributed by atoms with Gasteiger partial charge in [0.2, 0.25) is 5.13 Å². The lowest BCUT2D eigenvalue weighted by molar-refractivity contribution is -0.384. The number of aryl methyl sites for hydroxylation is 1. The number of nitro benzene ring substituents is 1. The smallest absolute Gasteiger partial charge is 0.308 e. The third-order valence-electron chi connectivity index (χ3n) is 3.28. The SMILES string of the molecule is Cc1ccc(NC(=O)Nc2nnc(-c3ccc([N+](=O)[O-])cc3)s2)cc1. The van der Waals surface area contributed by atoms with Crippen LogP contribution in [0.15, 0.2) is 48.5 Å². The van der Waals surface area contributed by atoms with E-state index in [0.717, 1.165) is 5.56 Å². The second-order valence-corrected chi connectivity index (χ2v) is 6.14. The Balaban J connectivity index is 1.65. The van der Waals surface area contributed by atoms with E-state index in [9.17, 15) is 14.9 Å². The van der Waals surface area contributed by atoms with Crippen LogP contribution in [0.25, 0.3) is 10.6 Å². The van der Waals surface area contributed by atoms with Gasteiger partial charge in [0, 0.05) is 23.4 Å². The molecule has 0 aliphatic heterocycles. The van der Waals surface area contributed by atoms with E-state index in [1.807, 2.05) is 19.1 Å². The van der Waals surface area contributed by atoms with E-state index in [1.165, 1.54) is 23.5 Å². The minimum Gasteiger partial charge on any atom is -0.308 e. The normalized spacial score (nSPS) is 10.3. The highest BCUT2D eigenvalue weighted by Gasteiger charge is 2.11. The summed E-state index contributed by atoms with van der Waals surface area (Å²) in [5.41, 5.74) is 2.46. The molecule has 9 heteroatoms. The lowest BCUT2D eigenvalue weighted by Crippen LogP contribution is -2.19. The quantitative estimate of drug-likeness (QED) is 0.541. The number of nitro groups is 1. The van der Waals surface area contributed by atoms with Gasteiger partial charge in [-0.15, -0.1) is 10.2 Å². The molecule has 0 aliphatic rings. The summed E-state index contributed by atoms with van der Waals surface area (Å²) in [6.07, 6.45) is 0. The second kappa shape index (κ2) is 7.05. The van der Waals surface area contributed by atoms with Crippen molar-refractivity contribution in [3.63, 3.8) is 0 Å². The van der Waals surface area contributed by atoms with Gasteiger partial charge in [0.25, 0.3) is 5.69 Å². The van der Waals surface area contributed by atoms with E-state index in [-0.39, 0.29) is 5.69 Å². The number of carbonyl (C=O) groups is 1. The number of rotatable bonds is 4. The van der Waals surface area contributed by atoms with Crippen molar-refractivity contribution in [2.24, 2.45) is 0 Å². The summed E-state index contributed by atoms with van der Waals surface area (Å²) in [6, 6.07) is 13.0. The Morgan fingerprint density at radius 3 is 2.36 bits per heavy atom. The maximum absolute atomic E-state index is 12.0. The number of urea groups is 1. The van der Waals surface area contributed by atoms with Gasteiger partial charge in [-0.25, -0.2) is 4.79 Å². The summed E-state index contributed by atoms with van der Waals surface area (Å²) in [5.74, 6) is 0. The molecule has 2 N–H and O–H groups in total. The number of hydrogen-bond donors (Lipinski definition) is 2. The van der Waals surface area contributed by atoms with Crippen molar-refractivity contribution in [1.82, 2.24) is 10.2 Å². The van der Waals surface area contributed by atoms with E-state index in [4.69, 9.17) is 0 Å². The van der Waals surface area contributed by atoms with Crippen molar-refractivity contribution in [2.75, 3.05) is 10.6 Å². The van der Waals surface area contributed by atoms with Gasteiger partial charge in [0.15, 0.2) is 0 Å². The summed E-state index contributed by atoms with van der Waals surface area (Å²) in [4.78, 5) is 22.2. The van der Waals surface area contributed by atoms with Crippen molar-refractivity contribution in [1.29, 1.82) is 0 Å². The number of nitrogens with one attached hydrogen (secondary N) is 2. The molecule has 0 bridgehead atoms. The minimum atomic E-state index is -0.466. The maximum Gasteiger partial charge on any atom is 0.325 e. The highest BCUT2D eigenvalue weighted by atomic mass is 32.1. The van der Waals surface area contributed by atoms with Crippen LogP contribution in [-0.2, 0) is 0 Å². The van der Waals surface area contributed by atoms with Crippen molar-refractivity contribution in [2.45, 2.75) is 6.92 Å². The molecule has 0 saturated carbocycles. The van der Waals surface area contributed by atoms with Crippen LogP contribution in [0.5, 0.6) is 0 Å². The lowest BCUT2D eigenvalue weighted by atomic mass is 10.2. The number of anilines is 2. The first kappa shape index (κ1) is 16.5. The zero-order chi connectivity index (χ0) is 17.8. The van der Waals surface area contributed by atoms with E-state index < -0.39 is 11.0 Å². The maximum atomic E-state index is 12.0. The van der Waals surface area contributed by atoms with E-state index in [0.29, 0.717) is 21.4 Å². The summed E-state index contributed by atoms with van der Waals surface area (Å²) in [7, 11) is 0. The predicted molar refractivity (Wildman–Crippen MR) is 95.8 cm³/mol. The number of hydrogen-bond acceptors (Lipinski definition) is 6. The van der Waals surface area contributed by atoms with Crippen LogP contribution in [0.3, 0.4) is 0 Å². The van der Waals surface area contributed by atoms with Gasteiger partial charge in [-0.2, -0.15) is 0 Å². The summed E-state index contributed by atoms with van der Waals surface area (Å²) < 4.78 is 0. The summed E-state index contributed by atoms with van der Waals surface area (Å²) >= 11 is 1.18. The molecule has 1 aromatic heterocycles. The van der Waals surface area contributed by atoms with Crippen molar-refractivity contribution < 1.29 is 9.72 Å². The van der Waals surface area contributed by atoms with Crippen LogP contribution in [0.1, 0.15) is 5.56 Å². The van der Waals surface area contributed by atoms with E-state index >= 15 is 0 Å². The van der Waals surface area contributed by atoms with Gasteiger partial charge in [-0.1, -0.05) is 29.0 Å². The molecule has 3 aromatic rings. The molecule has 8 nitrogen and oxygen atoms in total. The summed E-state index contributed by atoms with van der Waals surface area (Å²) in [5, 5.41) is 24.8. The molecule has 0 aliphatic carbocycles. The molecule has 2 aromatic carbocycles. The van der Waals surface area contributed by atoms with Gasteiger partial charge >= 0.3 is 6.03 Å². The number of nitrogens with zero attached hydrogens (tertiary/aromatic N) is 3. The minimum absolute atomic E-state index is 0.00379. The molecule has 1 heterocycles. The van der Waals surface area contributed by atoms with Crippen LogP contribution in [0, 0.1) is 17.0 Å². The number of benzene rings is 2. The Labute approximate surface area is 146 Å². The van der Waals surface area contributed by atoms with Gasteiger partial charge in [-0.05, 0) is 31.2 Å². The lowest BCUT2D eigenvalue weighted by Gasteiger charge is -2.04. The Bertz CT molecular complexity index is 906. The monoisotopic (exact) mass is 355 g/mol. The zero-order valence-electron chi connectivity index (χ0n) is 13.1. The largest absolute Gasteiger partial charge is 0.325 e. The fraction of sp³-hybridized carbons (Fsp3) is 0.0625. The van der Waals surface area contributed by atoms with Gasteiger partial charge in [0.1, 0.15) is 5.01 Å². The molecule has 126 valence electrons. The molecule has 0 spiro atoms. The fourth-order valence-electron chi connectivity index (χ4n) is 2.01. The summed E-state index contributed by atoms with van der Waals surface area (Å²) in [6.45, 7) is 1.96. The molecule has 0 atom stereocenters. The van der Waals surface area contributed by atoms with E-state index in [1.54, 1.807) is 24.3 Å². The first-order chi connectivity index (χ1) is 12.0. The predicted octanol–water partition coefficient (Wildman–Crippen LogP) is 4.07. The van der Waals surface area contributed by atoms with Crippen LogP contribution in [-0.4, -0.2) is 21.2 Å². The fourth-order valence-corrected chi connectivity index (χ4v) is 2.76. The van der Waals surface area contributed by atoms with Gasteiger partial charge < -0.3 is 5.32 Å². The van der Waals surface area contributed by atoms with Crippen LogP contribution >= 0.6 is 11.3 Å². The molecule has 3 rings (SSSR count). The molecule has 2 amide bonds. The van der Waals surface area contributed by atoms with Crippen molar-refractivity contribution in [3.05, 3.63) is 64.2 Å². The molecular weight excluding hydrogens is 342 g/mol. The first-order valence-electron chi connectivity index (χ1n) is 7.24. The third kappa shape index (κ3) is 4.15. The second-order valence-electron chi connectivity index (χ2n) is 5.16. The molecule has 0 saturated heterocycles. The number of amides is 2. The highest BCUT2D eigenvalue weighted by Crippen LogP contribution is 2.27. The molecule has 0 fully saturated rings. The third-order valence-corrected chi connectivity index (χ3v) is 4.17. The van der Waals surface area contributed by atoms with E-state index in [2.05, 4.69) is 20.8 Å². The Morgan fingerprint density at radius 2 is 1.72 bits per heavy atom. The molecule has 0 radical (unpaired) electrons. The van der Waals surface area contributed by atoms with Crippen LogP contribution in [0.2, 0.25) is 0 Å². The number of carbonyl (C=O) groups excluding carboxylic acids is 1. The standard InChI is InChI=1S/C16H13N5O3S/c1-10-2-6-12(7-3-10)17-15(22)18-16-20-19-14(25-16)11-4-8-13(9-5-11)21(23)24/h2-9H,1H3,(H2,17,18,20,22). The first-order valence-corrected chi connectivity index (χ1v) is 8.06. The average Bonchev–Trinajstić information content (AvgIpc) is 3.05. The topological polar surface area (TPSA) is 110 Å². The van der Waals surface area contributed by atoms with Crippen LogP contribution < -0.4 is 10.6 Å². The molecule has 0 unspecified atom stereocenters. The highest BCUT2D eigenvalue weighted by molar-refractivity contribution is 7.18. The number of non-ortho nitro benzene ring substituents is 1. The van der Waals surface area contributed by atoms with Gasteiger partial charge in [0.05, 0.1) is 4.92 Å². The van der Waals surface area contributed by atoms with Crippen LogP contribution in [0.4, 0.5) is 21.3 Å².